The molecule has 4 nitrogen and oxygen atoms in total. The van der Waals surface area contributed by atoms with Gasteiger partial charge in [0.15, 0.2) is 11.5 Å². The number of fused-ring (bicyclic) bond motifs is 2. The standard InChI is InChI=1S/C12H15NO3S/c1-7-6-17(14)11-5-10-9(15-2-3-16-10)4-8(11)12(7)13/h4-5,7,12H,2-3,6,13H2,1H3. The maximum atomic E-state index is 12.1. The molecule has 2 aliphatic heterocycles. The Kier molecular flexibility index (Phi) is 2.60. The molecule has 2 N–H and O–H groups in total. The van der Waals surface area contributed by atoms with Crippen LogP contribution in [-0.2, 0) is 10.8 Å². The van der Waals surface area contributed by atoms with Gasteiger partial charge in [-0.1, -0.05) is 6.92 Å². The van der Waals surface area contributed by atoms with Crippen molar-refractivity contribution < 1.29 is 13.7 Å². The quantitative estimate of drug-likeness (QED) is 0.755. The average Bonchev–Trinajstić information content (AvgIpc) is 2.34. The molecular weight excluding hydrogens is 238 g/mol. The van der Waals surface area contributed by atoms with Crippen molar-refractivity contribution in [3.05, 3.63) is 17.7 Å². The second kappa shape index (κ2) is 3.99. The van der Waals surface area contributed by atoms with Gasteiger partial charge < -0.3 is 15.2 Å². The summed E-state index contributed by atoms with van der Waals surface area (Å²) in [7, 11) is -0.980. The first kappa shape index (κ1) is 11.0. The summed E-state index contributed by atoms with van der Waals surface area (Å²) in [5.41, 5.74) is 7.09. The zero-order valence-electron chi connectivity index (χ0n) is 9.64. The number of hydrogen-bond donors (Lipinski definition) is 1. The minimum Gasteiger partial charge on any atom is -0.486 e. The largest absolute Gasteiger partial charge is 0.486 e. The molecule has 3 atom stereocenters. The molecule has 0 bridgehead atoms. The third-order valence-electron chi connectivity index (χ3n) is 3.31. The van der Waals surface area contributed by atoms with Crippen molar-refractivity contribution in [3.8, 4) is 11.5 Å². The van der Waals surface area contributed by atoms with E-state index in [1.807, 2.05) is 19.1 Å². The van der Waals surface area contributed by atoms with E-state index in [4.69, 9.17) is 15.2 Å². The Hall–Kier alpha value is -1.07. The first-order valence-electron chi connectivity index (χ1n) is 5.74. The first-order valence-corrected chi connectivity index (χ1v) is 7.06. The third-order valence-corrected chi connectivity index (χ3v) is 4.98. The normalized spacial score (nSPS) is 30.8. The third kappa shape index (κ3) is 1.73. The van der Waals surface area contributed by atoms with Gasteiger partial charge >= 0.3 is 0 Å². The Morgan fingerprint density at radius 1 is 1.29 bits per heavy atom. The zero-order chi connectivity index (χ0) is 12.0. The predicted octanol–water partition coefficient (Wildman–Crippen LogP) is 1.21. The molecule has 0 saturated carbocycles. The Morgan fingerprint density at radius 2 is 1.94 bits per heavy atom. The molecule has 2 aliphatic rings. The van der Waals surface area contributed by atoms with Crippen LogP contribution in [0, 0.1) is 5.92 Å². The lowest BCUT2D eigenvalue weighted by Gasteiger charge is -2.29. The second-order valence-corrected chi connectivity index (χ2v) is 6.01. The molecule has 3 rings (SSSR count). The summed E-state index contributed by atoms with van der Waals surface area (Å²) in [6.07, 6.45) is 0. The maximum absolute atomic E-state index is 12.1. The van der Waals surface area contributed by atoms with Gasteiger partial charge in [0.2, 0.25) is 0 Å². The molecule has 1 aromatic carbocycles. The lowest BCUT2D eigenvalue weighted by Crippen LogP contribution is -2.30. The number of nitrogens with two attached hydrogens (primary N) is 1. The van der Waals surface area contributed by atoms with Crippen molar-refractivity contribution in [2.75, 3.05) is 19.0 Å². The fourth-order valence-electron chi connectivity index (χ4n) is 2.28. The highest BCUT2D eigenvalue weighted by Gasteiger charge is 2.30. The lowest BCUT2D eigenvalue weighted by atomic mass is 9.96. The topological polar surface area (TPSA) is 61.6 Å². The summed E-state index contributed by atoms with van der Waals surface area (Å²) in [4.78, 5) is 0.805. The first-order chi connectivity index (χ1) is 8.16. The number of hydrogen-bond acceptors (Lipinski definition) is 4. The van der Waals surface area contributed by atoms with Gasteiger partial charge in [-0.25, -0.2) is 0 Å². The molecule has 5 heteroatoms. The van der Waals surface area contributed by atoms with Crippen LogP contribution in [0.25, 0.3) is 0 Å². The van der Waals surface area contributed by atoms with E-state index in [9.17, 15) is 4.21 Å². The van der Waals surface area contributed by atoms with Gasteiger partial charge in [0.1, 0.15) is 13.2 Å². The van der Waals surface area contributed by atoms with E-state index in [2.05, 4.69) is 0 Å². The Bertz CT molecular complexity index is 489. The van der Waals surface area contributed by atoms with Crippen molar-refractivity contribution in [3.63, 3.8) is 0 Å². The second-order valence-electron chi connectivity index (χ2n) is 4.55. The monoisotopic (exact) mass is 253 g/mol. The molecule has 0 aliphatic carbocycles. The van der Waals surface area contributed by atoms with Gasteiger partial charge in [-0.2, -0.15) is 0 Å². The van der Waals surface area contributed by atoms with Crippen LogP contribution in [0.3, 0.4) is 0 Å². The van der Waals surface area contributed by atoms with Crippen molar-refractivity contribution in [1.82, 2.24) is 0 Å². The highest BCUT2D eigenvalue weighted by Crippen LogP contribution is 2.40. The van der Waals surface area contributed by atoms with E-state index >= 15 is 0 Å². The van der Waals surface area contributed by atoms with Gasteiger partial charge in [0, 0.05) is 22.8 Å². The van der Waals surface area contributed by atoms with Gasteiger partial charge in [0.05, 0.1) is 10.8 Å². The number of rotatable bonds is 0. The molecule has 0 fully saturated rings. The van der Waals surface area contributed by atoms with Crippen LogP contribution in [0.5, 0.6) is 11.5 Å². The van der Waals surface area contributed by atoms with E-state index in [1.165, 1.54) is 0 Å². The van der Waals surface area contributed by atoms with Crippen molar-refractivity contribution in [1.29, 1.82) is 0 Å². The van der Waals surface area contributed by atoms with Crippen molar-refractivity contribution in [2.45, 2.75) is 17.9 Å². The van der Waals surface area contributed by atoms with Crippen LogP contribution in [0.1, 0.15) is 18.5 Å². The Labute approximate surface area is 103 Å². The minimum atomic E-state index is -0.980. The summed E-state index contributed by atoms with van der Waals surface area (Å²) >= 11 is 0. The molecule has 0 radical (unpaired) electrons. The SMILES string of the molecule is CC1CS(=O)c2cc3c(cc2C1N)OCCO3. The minimum absolute atomic E-state index is 0.0708. The molecule has 0 aromatic heterocycles. The van der Waals surface area contributed by atoms with Crippen molar-refractivity contribution >= 4 is 10.8 Å². The van der Waals surface area contributed by atoms with Crippen LogP contribution >= 0.6 is 0 Å². The van der Waals surface area contributed by atoms with E-state index in [0.717, 1.165) is 16.2 Å². The van der Waals surface area contributed by atoms with Gasteiger partial charge in [-0.3, -0.25) is 4.21 Å². The highest BCUT2D eigenvalue weighted by atomic mass is 32.2. The highest BCUT2D eigenvalue weighted by molar-refractivity contribution is 7.85. The molecule has 0 amide bonds. The van der Waals surface area contributed by atoms with Crippen LogP contribution < -0.4 is 15.2 Å². The fraction of sp³-hybridized carbons (Fsp3) is 0.500. The maximum Gasteiger partial charge on any atom is 0.162 e. The van der Waals surface area contributed by atoms with Gasteiger partial charge in [0.25, 0.3) is 0 Å². The van der Waals surface area contributed by atoms with E-state index in [1.54, 1.807) is 0 Å². The predicted molar refractivity (Wildman–Crippen MR) is 64.8 cm³/mol. The summed E-state index contributed by atoms with van der Waals surface area (Å²) in [6.45, 7) is 3.13. The van der Waals surface area contributed by atoms with E-state index in [-0.39, 0.29) is 12.0 Å². The van der Waals surface area contributed by atoms with Crippen LogP contribution in [0.15, 0.2) is 17.0 Å². The summed E-state index contributed by atoms with van der Waals surface area (Å²) < 4.78 is 23.1. The molecule has 1 aromatic rings. The zero-order valence-corrected chi connectivity index (χ0v) is 10.5. The lowest BCUT2D eigenvalue weighted by molar-refractivity contribution is 0.170. The van der Waals surface area contributed by atoms with Crippen LogP contribution in [0.4, 0.5) is 0 Å². The summed E-state index contributed by atoms with van der Waals surface area (Å²) in [5, 5.41) is 0. The fourth-order valence-corrected chi connectivity index (χ4v) is 3.84. The van der Waals surface area contributed by atoms with E-state index < -0.39 is 10.8 Å². The van der Waals surface area contributed by atoms with Gasteiger partial charge in [-0.05, 0) is 17.5 Å². The summed E-state index contributed by atoms with van der Waals surface area (Å²) in [6, 6.07) is 3.65. The number of ether oxygens (including phenoxy) is 2. The molecule has 2 heterocycles. The average molecular weight is 253 g/mol. The molecular formula is C12H15NO3S. The summed E-state index contributed by atoms with van der Waals surface area (Å²) in [5.74, 6) is 2.25. The van der Waals surface area contributed by atoms with E-state index in [0.29, 0.717) is 24.7 Å². The van der Waals surface area contributed by atoms with Crippen molar-refractivity contribution in [2.24, 2.45) is 11.7 Å². The molecule has 0 saturated heterocycles. The molecule has 3 unspecified atom stereocenters. The Morgan fingerprint density at radius 3 is 2.65 bits per heavy atom. The molecule has 17 heavy (non-hydrogen) atoms. The van der Waals surface area contributed by atoms with Crippen LogP contribution in [0.2, 0.25) is 0 Å². The Balaban J connectivity index is 2.14. The van der Waals surface area contributed by atoms with Gasteiger partial charge in [-0.15, -0.1) is 0 Å². The number of benzene rings is 1. The molecule has 0 spiro atoms. The smallest absolute Gasteiger partial charge is 0.162 e. The molecule has 92 valence electrons. The van der Waals surface area contributed by atoms with Crippen LogP contribution in [-0.4, -0.2) is 23.2 Å².